The summed E-state index contributed by atoms with van der Waals surface area (Å²) >= 11 is 0. The normalized spacial score (nSPS) is 23.9. The standard InChI is InChI=1S/C16H25N3O3/c1-20-9-3-13-4-10-22-16(13)5-7-19(8-6-16)14-11-15(21-2)18-12-17-14/h11-13H,3-10H2,1-2H3/t13-/m1/s1. The summed E-state index contributed by atoms with van der Waals surface area (Å²) in [5.41, 5.74) is 0.0478. The average molecular weight is 307 g/mol. The van der Waals surface area contributed by atoms with Crippen LogP contribution in [0.2, 0.25) is 0 Å². The van der Waals surface area contributed by atoms with Gasteiger partial charge in [-0.05, 0) is 31.6 Å². The highest BCUT2D eigenvalue weighted by molar-refractivity contribution is 5.41. The molecule has 3 rings (SSSR count). The maximum Gasteiger partial charge on any atom is 0.218 e. The second kappa shape index (κ2) is 6.79. The van der Waals surface area contributed by atoms with Gasteiger partial charge in [-0.25, -0.2) is 9.97 Å². The van der Waals surface area contributed by atoms with Gasteiger partial charge in [-0.3, -0.25) is 0 Å². The van der Waals surface area contributed by atoms with Gasteiger partial charge in [-0.1, -0.05) is 0 Å². The van der Waals surface area contributed by atoms with Crippen molar-refractivity contribution in [2.45, 2.75) is 31.3 Å². The highest BCUT2D eigenvalue weighted by Gasteiger charge is 2.45. The first-order valence-corrected chi connectivity index (χ1v) is 8.01. The van der Waals surface area contributed by atoms with Gasteiger partial charge < -0.3 is 19.1 Å². The van der Waals surface area contributed by atoms with E-state index in [-0.39, 0.29) is 5.60 Å². The SMILES string of the molecule is COCC[C@@H]1CCOC12CCN(c1cc(OC)ncn1)CC2. The highest BCUT2D eigenvalue weighted by Crippen LogP contribution is 2.42. The van der Waals surface area contributed by atoms with E-state index >= 15 is 0 Å². The molecule has 122 valence electrons. The van der Waals surface area contributed by atoms with Crippen LogP contribution in [-0.4, -0.2) is 56.1 Å². The van der Waals surface area contributed by atoms with Crippen LogP contribution in [0.3, 0.4) is 0 Å². The van der Waals surface area contributed by atoms with Gasteiger partial charge in [-0.15, -0.1) is 0 Å². The Hall–Kier alpha value is -1.40. The topological polar surface area (TPSA) is 56.7 Å². The number of nitrogens with zero attached hydrogens (tertiary/aromatic N) is 3. The summed E-state index contributed by atoms with van der Waals surface area (Å²) in [6.45, 7) is 3.63. The Morgan fingerprint density at radius 1 is 1.32 bits per heavy atom. The van der Waals surface area contributed by atoms with E-state index in [1.807, 2.05) is 6.07 Å². The smallest absolute Gasteiger partial charge is 0.218 e. The predicted octanol–water partition coefficient (Wildman–Crippen LogP) is 1.90. The van der Waals surface area contributed by atoms with E-state index in [1.165, 1.54) is 0 Å². The lowest BCUT2D eigenvalue weighted by molar-refractivity contribution is -0.0457. The van der Waals surface area contributed by atoms with E-state index < -0.39 is 0 Å². The van der Waals surface area contributed by atoms with Crippen molar-refractivity contribution in [2.75, 3.05) is 45.4 Å². The molecule has 2 saturated heterocycles. The van der Waals surface area contributed by atoms with E-state index in [9.17, 15) is 0 Å². The zero-order chi connectivity index (χ0) is 15.4. The molecule has 0 N–H and O–H groups in total. The van der Waals surface area contributed by atoms with Crippen molar-refractivity contribution in [1.82, 2.24) is 9.97 Å². The molecule has 3 heterocycles. The number of methoxy groups -OCH3 is 2. The van der Waals surface area contributed by atoms with Crippen LogP contribution in [0.15, 0.2) is 12.4 Å². The number of hydrogen-bond donors (Lipinski definition) is 0. The van der Waals surface area contributed by atoms with E-state index in [1.54, 1.807) is 20.5 Å². The molecule has 0 unspecified atom stereocenters. The average Bonchev–Trinajstić information content (AvgIpc) is 2.96. The van der Waals surface area contributed by atoms with E-state index in [4.69, 9.17) is 14.2 Å². The van der Waals surface area contributed by atoms with Gasteiger partial charge in [0.2, 0.25) is 5.88 Å². The Kier molecular flexibility index (Phi) is 4.78. The van der Waals surface area contributed by atoms with Gasteiger partial charge in [0.15, 0.2) is 0 Å². The molecule has 1 spiro atoms. The minimum Gasteiger partial charge on any atom is -0.481 e. The van der Waals surface area contributed by atoms with Crippen molar-refractivity contribution < 1.29 is 14.2 Å². The summed E-state index contributed by atoms with van der Waals surface area (Å²) < 4.78 is 16.6. The molecular formula is C16H25N3O3. The van der Waals surface area contributed by atoms with Crippen molar-refractivity contribution in [3.8, 4) is 5.88 Å². The van der Waals surface area contributed by atoms with Crippen LogP contribution < -0.4 is 9.64 Å². The van der Waals surface area contributed by atoms with Gasteiger partial charge in [-0.2, -0.15) is 0 Å². The number of piperidine rings is 1. The van der Waals surface area contributed by atoms with Crippen LogP contribution >= 0.6 is 0 Å². The molecular weight excluding hydrogens is 282 g/mol. The zero-order valence-electron chi connectivity index (χ0n) is 13.5. The first-order valence-electron chi connectivity index (χ1n) is 8.01. The van der Waals surface area contributed by atoms with Gasteiger partial charge in [0.25, 0.3) is 0 Å². The third kappa shape index (κ3) is 3.03. The molecule has 2 aliphatic rings. The third-order valence-electron chi connectivity index (χ3n) is 5.04. The molecule has 2 aliphatic heterocycles. The minimum absolute atomic E-state index is 0.0478. The van der Waals surface area contributed by atoms with Crippen molar-refractivity contribution >= 4 is 5.82 Å². The van der Waals surface area contributed by atoms with Crippen LogP contribution in [0, 0.1) is 5.92 Å². The molecule has 6 heteroatoms. The molecule has 0 bridgehead atoms. The molecule has 22 heavy (non-hydrogen) atoms. The molecule has 0 aromatic carbocycles. The monoisotopic (exact) mass is 307 g/mol. The van der Waals surface area contributed by atoms with E-state index in [0.717, 1.165) is 57.8 Å². The number of aromatic nitrogens is 2. The zero-order valence-corrected chi connectivity index (χ0v) is 13.5. The predicted molar refractivity (Wildman–Crippen MR) is 83.3 cm³/mol. The molecule has 0 aliphatic carbocycles. The largest absolute Gasteiger partial charge is 0.481 e. The molecule has 1 atom stereocenters. The highest BCUT2D eigenvalue weighted by atomic mass is 16.5. The Morgan fingerprint density at radius 3 is 2.86 bits per heavy atom. The fourth-order valence-corrected chi connectivity index (χ4v) is 3.73. The summed E-state index contributed by atoms with van der Waals surface area (Å²) in [7, 11) is 3.40. The second-order valence-electron chi connectivity index (χ2n) is 6.09. The van der Waals surface area contributed by atoms with Crippen molar-refractivity contribution in [3.63, 3.8) is 0 Å². The van der Waals surface area contributed by atoms with Crippen molar-refractivity contribution in [2.24, 2.45) is 5.92 Å². The fourth-order valence-electron chi connectivity index (χ4n) is 3.73. The van der Waals surface area contributed by atoms with E-state index in [0.29, 0.717) is 11.8 Å². The van der Waals surface area contributed by atoms with Crippen molar-refractivity contribution in [3.05, 3.63) is 12.4 Å². The second-order valence-corrected chi connectivity index (χ2v) is 6.09. The van der Waals surface area contributed by atoms with Gasteiger partial charge >= 0.3 is 0 Å². The van der Waals surface area contributed by atoms with Crippen LogP contribution in [0.4, 0.5) is 5.82 Å². The maximum absolute atomic E-state index is 6.18. The molecule has 0 saturated carbocycles. The Labute approximate surface area is 131 Å². The number of hydrogen-bond acceptors (Lipinski definition) is 6. The first kappa shape index (κ1) is 15.5. The molecule has 0 amide bonds. The molecule has 6 nitrogen and oxygen atoms in total. The molecule has 1 aromatic rings. The fraction of sp³-hybridized carbons (Fsp3) is 0.750. The van der Waals surface area contributed by atoms with Gasteiger partial charge in [0, 0.05) is 39.5 Å². The summed E-state index contributed by atoms with van der Waals surface area (Å²) in [5.74, 6) is 2.17. The Balaban J connectivity index is 1.64. The lowest BCUT2D eigenvalue weighted by atomic mass is 9.78. The number of ether oxygens (including phenoxy) is 3. The van der Waals surface area contributed by atoms with Crippen molar-refractivity contribution in [1.29, 1.82) is 0 Å². The lowest BCUT2D eigenvalue weighted by Gasteiger charge is -2.42. The van der Waals surface area contributed by atoms with Crippen LogP contribution in [0.5, 0.6) is 5.88 Å². The van der Waals surface area contributed by atoms with Gasteiger partial charge in [0.1, 0.15) is 12.1 Å². The van der Waals surface area contributed by atoms with Crippen LogP contribution in [0.1, 0.15) is 25.7 Å². The van der Waals surface area contributed by atoms with Gasteiger partial charge in [0.05, 0.1) is 12.7 Å². The molecule has 0 radical (unpaired) electrons. The summed E-state index contributed by atoms with van der Waals surface area (Å²) in [6.07, 6.45) is 5.91. The summed E-state index contributed by atoms with van der Waals surface area (Å²) in [5, 5.41) is 0. The maximum atomic E-state index is 6.18. The number of rotatable bonds is 5. The quantitative estimate of drug-likeness (QED) is 0.828. The Bertz CT molecular complexity index is 489. The minimum atomic E-state index is 0.0478. The lowest BCUT2D eigenvalue weighted by Crippen LogP contribution is -2.48. The summed E-state index contributed by atoms with van der Waals surface area (Å²) in [4.78, 5) is 10.7. The summed E-state index contributed by atoms with van der Waals surface area (Å²) in [6, 6.07) is 1.90. The first-order chi connectivity index (χ1) is 10.8. The number of anilines is 1. The van der Waals surface area contributed by atoms with E-state index in [2.05, 4.69) is 14.9 Å². The molecule has 2 fully saturated rings. The third-order valence-corrected chi connectivity index (χ3v) is 5.04. The van der Waals surface area contributed by atoms with Crippen LogP contribution in [-0.2, 0) is 9.47 Å². The van der Waals surface area contributed by atoms with Crippen LogP contribution in [0.25, 0.3) is 0 Å². The molecule has 1 aromatic heterocycles. The Morgan fingerprint density at radius 2 is 2.14 bits per heavy atom.